The Hall–Kier alpha value is -2.69. The number of rotatable bonds is 5. The van der Waals surface area contributed by atoms with Crippen LogP contribution in [0.2, 0.25) is 0 Å². The predicted molar refractivity (Wildman–Crippen MR) is 87.7 cm³/mol. The molecule has 0 radical (unpaired) electrons. The highest BCUT2D eigenvalue weighted by Crippen LogP contribution is 2.27. The topological polar surface area (TPSA) is 72.8 Å². The molecule has 1 amide bonds. The molecule has 0 spiro atoms. The van der Waals surface area contributed by atoms with E-state index in [1.165, 1.54) is 6.07 Å². The largest absolute Gasteiger partial charge is 0.507 e. The van der Waals surface area contributed by atoms with Crippen molar-refractivity contribution in [1.29, 1.82) is 0 Å². The van der Waals surface area contributed by atoms with E-state index in [1.807, 2.05) is 13.8 Å². The lowest BCUT2D eigenvalue weighted by atomic mass is 10.1. The summed E-state index contributed by atoms with van der Waals surface area (Å²) in [6.07, 6.45) is 0. The first-order valence-corrected chi connectivity index (χ1v) is 7.24. The summed E-state index contributed by atoms with van der Waals surface area (Å²) in [5.74, 6) is -0.572. The summed E-state index contributed by atoms with van der Waals surface area (Å²) in [6, 6.07) is 11.4. The second-order valence-electron chi connectivity index (χ2n) is 4.85. The molecule has 22 heavy (non-hydrogen) atoms. The molecule has 0 fully saturated rings. The van der Waals surface area contributed by atoms with Gasteiger partial charge in [0.25, 0.3) is 5.91 Å². The molecule has 116 valence electrons. The maximum Gasteiger partial charge on any atom is 0.259 e. The van der Waals surface area contributed by atoms with Crippen LogP contribution in [0.25, 0.3) is 0 Å². The Morgan fingerprint density at radius 2 is 1.73 bits per heavy atom. The van der Waals surface area contributed by atoms with E-state index in [9.17, 15) is 15.0 Å². The first-order chi connectivity index (χ1) is 10.6. The van der Waals surface area contributed by atoms with Gasteiger partial charge in [-0.05, 0) is 38.1 Å². The highest BCUT2D eigenvalue weighted by Gasteiger charge is 2.14. The van der Waals surface area contributed by atoms with Crippen molar-refractivity contribution >= 4 is 17.3 Å². The first kappa shape index (κ1) is 15.7. The van der Waals surface area contributed by atoms with Crippen molar-refractivity contribution in [2.75, 3.05) is 23.3 Å². The summed E-state index contributed by atoms with van der Waals surface area (Å²) in [5.41, 5.74) is 1.33. The molecule has 5 heteroatoms. The smallest absolute Gasteiger partial charge is 0.259 e. The zero-order valence-electron chi connectivity index (χ0n) is 12.7. The number of phenols is 2. The molecular formula is C17H20N2O3. The molecular weight excluding hydrogens is 280 g/mol. The lowest BCUT2D eigenvalue weighted by molar-refractivity contribution is 0.102. The van der Waals surface area contributed by atoms with Gasteiger partial charge in [-0.1, -0.05) is 12.1 Å². The highest BCUT2D eigenvalue weighted by atomic mass is 16.3. The van der Waals surface area contributed by atoms with Gasteiger partial charge in [0, 0.05) is 24.8 Å². The second-order valence-corrected chi connectivity index (χ2v) is 4.85. The van der Waals surface area contributed by atoms with E-state index in [0.717, 1.165) is 18.8 Å². The minimum Gasteiger partial charge on any atom is -0.507 e. The third kappa shape index (κ3) is 3.31. The molecule has 2 aromatic carbocycles. The fourth-order valence-electron chi connectivity index (χ4n) is 2.27. The summed E-state index contributed by atoms with van der Waals surface area (Å²) >= 11 is 0. The lowest BCUT2D eigenvalue weighted by Crippen LogP contribution is -2.22. The van der Waals surface area contributed by atoms with Crippen molar-refractivity contribution in [3.05, 3.63) is 48.0 Å². The van der Waals surface area contributed by atoms with Crippen LogP contribution in [0.5, 0.6) is 11.5 Å². The van der Waals surface area contributed by atoms with E-state index in [0.29, 0.717) is 5.69 Å². The number of hydrogen-bond acceptors (Lipinski definition) is 4. The molecule has 5 nitrogen and oxygen atoms in total. The molecule has 0 unspecified atom stereocenters. The third-order valence-electron chi connectivity index (χ3n) is 3.51. The summed E-state index contributed by atoms with van der Waals surface area (Å²) < 4.78 is 0. The molecule has 0 aromatic heterocycles. The van der Waals surface area contributed by atoms with Gasteiger partial charge < -0.3 is 20.4 Å². The number of carbonyl (C=O) groups is 1. The molecule has 0 atom stereocenters. The van der Waals surface area contributed by atoms with Gasteiger partial charge in [0.15, 0.2) is 0 Å². The summed E-state index contributed by atoms with van der Waals surface area (Å²) in [7, 11) is 0. The summed E-state index contributed by atoms with van der Waals surface area (Å²) in [6.45, 7) is 5.69. The highest BCUT2D eigenvalue weighted by molar-refractivity contribution is 6.07. The van der Waals surface area contributed by atoms with E-state index in [-0.39, 0.29) is 17.1 Å². The van der Waals surface area contributed by atoms with Crippen LogP contribution in [0.1, 0.15) is 24.2 Å². The lowest BCUT2D eigenvalue weighted by Gasteiger charge is -2.21. The van der Waals surface area contributed by atoms with Crippen molar-refractivity contribution in [1.82, 2.24) is 0 Å². The first-order valence-electron chi connectivity index (χ1n) is 7.24. The summed E-state index contributed by atoms with van der Waals surface area (Å²) in [5, 5.41) is 22.4. The van der Waals surface area contributed by atoms with Gasteiger partial charge in [-0.2, -0.15) is 0 Å². The molecule has 0 saturated heterocycles. The van der Waals surface area contributed by atoms with Gasteiger partial charge in [-0.15, -0.1) is 0 Å². The molecule has 0 saturated carbocycles. The normalized spacial score (nSPS) is 10.3. The van der Waals surface area contributed by atoms with Crippen LogP contribution in [-0.2, 0) is 0 Å². The number of para-hydroxylation sites is 2. The average Bonchev–Trinajstić information content (AvgIpc) is 2.51. The quantitative estimate of drug-likeness (QED) is 0.741. The van der Waals surface area contributed by atoms with E-state index in [4.69, 9.17) is 0 Å². The van der Waals surface area contributed by atoms with Crippen LogP contribution in [0.3, 0.4) is 0 Å². The van der Waals surface area contributed by atoms with Crippen LogP contribution in [0, 0.1) is 0 Å². The Balaban J connectivity index is 2.22. The fourth-order valence-corrected chi connectivity index (χ4v) is 2.27. The molecule has 0 aliphatic carbocycles. The zero-order chi connectivity index (χ0) is 16.1. The molecule has 0 heterocycles. The maximum absolute atomic E-state index is 12.2. The third-order valence-corrected chi connectivity index (χ3v) is 3.51. The van der Waals surface area contributed by atoms with Crippen molar-refractivity contribution in [3.63, 3.8) is 0 Å². The van der Waals surface area contributed by atoms with Crippen LogP contribution < -0.4 is 10.2 Å². The number of aromatic hydroxyl groups is 2. The minimum atomic E-state index is -0.468. The van der Waals surface area contributed by atoms with Crippen LogP contribution in [0.4, 0.5) is 11.4 Å². The van der Waals surface area contributed by atoms with Crippen molar-refractivity contribution in [3.8, 4) is 11.5 Å². The standard InChI is InChI=1S/C17H20N2O3/c1-3-19(4-2)12-9-10-13(16(21)11-12)17(22)18-14-7-5-6-8-15(14)20/h5-11,20-21H,3-4H2,1-2H3,(H,18,22). The average molecular weight is 300 g/mol. The van der Waals surface area contributed by atoms with Gasteiger partial charge in [-0.25, -0.2) is 0 Å². The molecule has 3 N–H and O–H groups in total. The molecule has 2 rings (SSSR count). The SMILES string of the molecule is CCN(CC)c1ccc(C(=O)Nc2ccccc2O)c(O)c1. The minimum absolute atomic E-state index is 0.0184. The van der Waals surface area contributed by atoms with Gasteiger partial charge in [0.1, 0.15) is 11.5 Å². The Kier molecular flexibility index (Phi) is 4.88. The maximum atomic E-state index is 12.2. The number of benzene rings is 2. The van der Waals surface area contributed by atoms with E-state index in [1.54, 1.807) is 36.4 Å². The molecule has 2 aromatic rings. The number of amides is 1. The Bertz CT molecular complexity index is 667. The Labute approximate surface area is 129 Å². The van der Waals surface area contributed by atoms with Gasteiger partial charge in [-0.3, -0.25) is 4.79 Å². The Morgan fingerprint density at radius 3 is 2.32 bits per heavy atom. The van der Waals surface area contributed by atoms with E-state index >= 15 is 0 Å². The van der Waals surface area contributed by atoms with E-state index in [2.05, 4.69) is 10.2 Å². The second kappa shape index (κ2) is 6.85. The van der Waals surface area contributed by atoms with Crippen molar-refractivity contribution in [2.45, 2.75) is 13.8 Å². The monoisotopic (exact) mass is 300 g/mol. The number of hydrogen-bond donors (Lipinski definition) is 3. The molecule has 0 aliphatic heterocycles. The van der Waals surface area contributed by atoms with Crippen molar-refractivity contribution in [2.24, 2.45) is 0 Å². The zero-order valence-corrected chi connectivity index (χ0v) is 12.7. The van der Waals surface area contributed by atoms with Crippen LogP contribution in [0.15, 0.2) is 42.5 Å². The van der Waals surface area contributed by atoms with Gasteiger partial charge >= 0.3 is 0 Å². The fraction of sp³-hybridized carbons (Fsp3) is 0.235. The van der Waals surface area contributed by atoms with E-state index < -0.39 is 5.91 Å². The molecule has 0 aliphatic rings. The number of nitrogens with zero attached hydrogens (tertiary/aromatic N) is 1. The Morgan fingerprint density at radius 1 is 1.05 bits per heavy atom. The number of phenolic OH excluding ortho intramolecular Hbond substituents is 2. The number of nitrogens with one attached hydrogen (secondary N) is 1. The van der Waals surface area contributed by atoms with Gasteiger partial charge in [0.05, 0.1) is 11.3 Å². The van der Waals surface area contributed by atoms with Gasteiger partial charge in [0.2, 0.25) is 0 Å². The predicted octanol–water partition coefficient (Wildman–Crippen LogP) is 3.20. The number of anilines is 2. The molecule has 0 bridgehead atoms. The van der Waals surface area contributed by atoms with Crippen LogP contribution >= 0.6 is 0 Å². The number of carbonyl (C=O) groups excluding carboxylic acids is 1. The van der Waals surface area contributed by atoms with Crippen LogP contribution in [-0.4, -0.2) is 29.2 Å². The summed E-state index contributed by atoms with van der Waals surface area (Å²) in [4.78, 5) is 14.3. The van der Waals surface area contributed by atoms with Crippen molar-refractivity contribution < 1.29 is 15.0 Å².